The average Bonchev–Trinajstić information content (AvgIpc) is 3.91. The van der Waals surface area contributed by atoms with Crippen LogP contribution in [0.15, 0.2) is 85.6 Å². The van der Waals surface area contributed by atoms with Gasteiger partial charge in [0.25, 0.3) is 0 Å². The van der Waals surface area contributed by atoms with Crippen molar-refractivity contribution in [1.29, 1.82) is 0 Å². The van der Waals surface area contributed by atoms with Gasteiger partial charge in [-0.3, -0.25) is 4.98 Å². The van der Waals surface area contributed by atoms with E-state index in [0.717, 1.165) is 87.6 Å². The van der Waals surface area contributed by atoms with E-state index in [0.29, 0.717) is 23.8 Å². The van der Waals surface area contributed by atoms with Gasteiger partial charge in [-0.25, -0.2) is 15.0 Å². The standard InChI is InChI=1S/C43H41N7O4/c1-25-47-41(42-31-17-37(52-4)36(51-3)16-29(31)13-15-49(25)42)35-21-45-24-48(35)22-27-9-11-28(12-10-27)34-23-50-26(2)46-40(30-8-7-14-44-20-30)43(50)33-19-39(54-6)38(53-5)18-32(33)34/h7-12,14,16-21,24,34H,13,15,22-23H2,1-6H3. The summed E-state index contributed by atoms with van der Waals surface area (Å²) in [7, 11) is 6.71. The predicted octanol–water partition coefficient (Wildman–Crippen LogP) is 7.74. The first kappa shape index (κ1) is 33.5. The number of hydrogen-bond donors (Lipinski definition) is 0. The molecule has 1 unspecified atom stereocenters. The number of hydrogen-bond acceptors (Lipinski definition) is 8. The van der Waals surface area contributed by atoms with Gasteiger partial charge in [-0.2, -0.15) is 0 Å². The molecule has 0 saturated heterocycles. The molecule has 0 radical (unpaired) electrons. The maximum atomic E-state index is 5.81. The molecule has 3 aromatic carbocycles. The molecular formula is C43H41N7O4. The predicted molar refractivity (Wildman–Crippen MR) is 207 cm³/mol. The van der Waals surface area contributed by atoms with Crippen molar-refractivity contribution in [3.05, 3.63) is 119 Å². The van der Waals surface area contributed by atoms with E-state index < -0.39 is 0 Å². The van der Waals surface area contributed by atoms with E-state index in [1.165, 1.54) is 16.7 Å². The van der Waals surface area contributed by atoms with Gasteiger partial charge in [-0.15, -0.1) is 0 Å². The lowest BCUT2D eigenvalue weighted by Gasteiger charge is -2.30. The molecular weight excluding hydrogens is 679 g/mol. The summed E-state index contributed by atoms with van der Waals surface area (Å²) in [5.74, 6) is 4.82. The molecule has 2 aliphatic heterocycles. The number of methoxy groups -OCH3 is 4. The number of aryl methyl sites for hydroxylation is 3. The van der Waals surface area contributed by atoms with E-state index in [1.807, 2.05) is 24.8 Å². The van der Waals surface area contributed by atoms with Crippen LogP contribution in [-0.2, 0) is 26.1 Å². The summed E-state index contributed by atoms with van der Waals surface area (Å²) in [6.45, 7) is 6.38. The Hall–Kier alpha value is -6.36. The first-order valence-corrected chi connectivity index (χ1v) is 18.1. The zero-order valence-electron chi connectivity index (χ0n) is 31.3. The highest BCUT2D eigenvalue weighted by Crippen LogP contribution is 2.48. The molecule has 0 bridgehead atoms. The molecule has 11 nitrogen and oxygen atoms in total. The van der Waals surface area contributed by atoms with Crippen molar-refractivity contribution in [3.63, 3.8) is 0 Å². The van der Waals surface area contributed by atoms with E-state index in [9.17, 15) is 0 Å². The van der Waals surface area contributed by atoms with Crippen LogP contribution in [-0.4, -0.2) is 62.1 Å². The van der Waals surface area contributed by atoms with Gasteiger partial charge in [-0.05, 0) is 78.9 Å². The van der Waals surface area contributed by atoms with Crippen LogP contribution < -0.4 is 18.9 Å². The number of rotatable bonds is 9. The fourth-order valence-corrected chi connectivity index (χ4v) is 8.29. The summed E-state index contributed by atoms with van der Waals surface area (Å²) in [6.07, 6.45) is 8.36. The van der Waals surface area contributed by atoms with Crippen molar-refractivity contribution in [2.24, 2.45) is 0 Å². The number of aromatic nitrogens is 7. The van der Waals surface area contributed by atoms with Crippen LogP contribution in [0, 0.1) is 13.8 Å². The second-order valence-electron chi connectivity index (χ2n) is 13.8. The maximum Gasteiger partial charge on any atom is 0.161 e. The van der Waals surface area contributed by atoms with Crippen LogP contribution in [0.1, 0.15) is 39.8 Å². The van der Waals surface area contributed by atoms with Crippen molar-refractivity contribution in [2.45, 2.75) is 45.8 Å². The maximum absolute atomic E-state index is 5.81. The fraction of sp³-hybridized carbons (Fsp3) is 0.256. The molecule has 0 saturated carbocycles. The van der Waals surface area contributed by atoms with Crippen LogP contribution in [0.5, 0.6) is 23.0 Å². The van der Waals surface area contributed by atoms with Crippen LogP contribution in [0.4, 0.5) is 0 Å². The smallest absolute Gasteiger partial charge is 0.161 e. The zero-order chi connectivity index (χ0) is 37.1. The molecule has 0 fully saturated rings. The monoisotopic (exact) mass is 719 g/mol. The summed E-state index contributed by atoms with van der Waals surface area (Å²) < 4.78 is 29.7. The van der Waals surface area contributed by atoms with Gasteiger partial charge in [0.05, 0.1) is 63.7 Å². The third-order valence-corrected chi connectivity index (χ3v) is 11.0. The Morgan fingerprint density at radius 2 is 1.37 bits per heavy atom. The molecule has 0 aliphatic carbocycles. The molecule has 0 N–H and O–H groups in total. The molecule has 7 aromatic rings. The minimum absolute atomic E-state index is 0.0653. The van der Waals surface area contributed by atoms with Crippen LogP contribution in [0.2, 0.25) is 0 Å². The number of imidazole rings is 3. The van der Waals surface area contributed by atoms with Gasteiger partial charge in [0.15, 0.2) is 23.0 Å². The number of fused-ring (bicyclic) bond motifs is 6. The van der Waals surface area contributed by atoms with Gasteiger partial charge in [0, 0.05) is 54.6 Å². The lowest BCUT2D eigenvalue weighted by atomic mass is 9.83. The Kier molecular flexibility index (Phi) is 8.21. The van der Waals surface area contributed by atoms with Crippen LogP contribution in [0.25, 0.3) is 45.2 Å². The van der Waals surface area contributed by atoms with E-state index in [2.05, 4.69) is 92.1 Å². The van der Waals surface area contributed by atoms with Gasteiger partial charge in [0.1, 0.15) is 17.3 Å². The Morgan fingerprint density at radius 3 is 2.09 bits per heavy atom. The van der Waals surface area contributed by atoms with Crippen molar-refractivity contribution >= 4 is 0 Å². The normalized spacial score (nSPS) is 14.1. The summed E-state index contributed by atoms with van der Waals surface area (Å²) >= 11 is 0. The van der Waals surface area contributed by atoms with Gasteiger partial charge < -0.3 is 32.6 Å². The lowest BCUT2D eigenvalue weighted by Crippen LogP contribution is -2.19. The molecule has 0 spiro atoms. The molecule has 2 aliphatic rings. The van der Waals surface area contributed by atoms with E-state index >= 15 is 0 Å². The van der Waals surface area contributed by atoms with Crippen molar-refractivity contribution in [1.82, 2.24) is 33.6 Å². The summed E-state index contributed by atoms with van der Waals surface area (Å²) in [4.78, 5) is 19.1. The third kappa shape index (κ3) is 5.33. The molecule has 272 valence electrons. The summed E-state index contributed by atoms with van der Waals surface area (Å²) in [5, 5.41) is 0. The Balaban J connectivity index is 1.06. The molecule has 6 heterocycles. The topological polar surface area (TPSA) is 103 Å². The zero-order valence-corrected chi connectivity index (χ0v) is 31.3. The number of nitrogens with zero attached hydrogens (tertiary/aromatic N) is 7. The van der Waals surface area contributed by atoms with Crippen molar-refractivity contribution in [3.8, 4) is 68.2 Å². The molecule has 0 amide bonds. The van der Waals surface area contributed by atoms with Gasteiger partial charge in [0.2, 0.25) is 0 Å². The first-order chi connectivity index (χ1) is 26.4. The van der Waals surface area contributed by atoms with Gasteiger partial charge in [-0.1, -0.05) is 24.3 Å². The van der Waals surface area contributed by atoms with E-state index in [-0.39, 0.29) is 5.92 Å². The number of pyridine rings is 1. The summed E-state index contributed by atoms with van der Waals surface area (Å²) in [5.41, 5.74) is 12.9. The van der Waals surface area contributed by atoms with E-state index in [1.54, 1.807) is 34.6 Å². The van der Waals surface area contributed by atoms with Crippen molar-refractivity contribution in [2.75, 3.05) is 28.4 Å². The molecule has 9 rings (SSSR count). The average molecular weight is 720 g/mol. The highest BCUT2D eigenvalue weighted by Gasteiger charge is 2.33. The third-order valence-electron chi connectivity index (χ3n) is 11.0. The molecule has 11 heteroatoms. The van der Waals surface area contributed by atoms with E-state index in [4.69, 9.17) is 28.9 Å². The number of benzene rings is 3. The highest BCUT2D eigenvalue weighted by molar-refractivity contribution is 5.84. The number of ether oxygens (including phenoxy) is 4. The Labute approximate surface area is 313 Å². The fourth-order valence-electron chi connectivity index (χ4n) is 8.29. The largest absolute Gasteiger partial charge is 0.493 e. The minimum atomic E-state index is 0.0653. The molecule has 4 aromatic heterocycles. The molecule has 54 heavy (non-hydrogen) atoms. The van der Waals surface area contributed by atoms with Crippen molar-refractivity contribution < 1.29 is 18.9 Å². The van der Waals surface area contributed by atoms with Crippen LogP contribution >= 0.6 is 0 Å². The highest BCUT2D eigenvalue weighted by atomic mass is 16.5. The Morgan fingerprint density at radius 1 is 0.704 bits per heavy atom. The molecule has 1 atom stereocenters. The second kappa shape index (κ2) is 13.2. The van der Waals surface area contributed by atoms with Crippen LogP contribution in [0.3, 0.4) is 0 Å². The SMILES string of the molecule is COc1cc2c(cc1OC)-c1c(-c3cncn3Cc3ccc(C4Cn5c(C)nc(-c6cccnc6)c5-c5cc(OC)c(OC)cc54)cc3)nc(C)n1CC2. The summed E-state index contributed by atoms with van der Waals surface area (Å²) in [6, 6.07) is 21.3. The minimum Gasteiger partial charge on any atom is -0.493 e. The lowest BCUT2D eigenvalue weighted by molar-refractivity contribution is 0.354. The second-order valence-corrected chi connectivity index (χ2v) is 13.8. The Bertz CT molecular complexity index is 2530. The first-order valence-electron chi connectivity index (χ1n) is 18.1. The quantitative estimate of drug-likeness (QED) is 0.149. The van der Waals surface area contributed by atoms with Gasteiger partial charge >= 0.3 is 0 Å².